The number of ether oxygens (including phenoxy) is 2. The van der Waals surface area contributed by atoms with Crippen LogP contribution in [-0.4, -0.2) is 57.7 Å². The van der Waals surface area contributed by atoms with Crippen molar-refractivity contribution < 1.29 is 38.1 Å². The second-order valence-corrected chi connectivity index (χ2v) is 11.4. The molecule has 0 spiro atoms. The molecule has 0 amide bonds. The molecule has 0 bridgehead atoms. The molecule has 0 aromatic rings. The molecule has 178 valence electrons. The van der Waals surface area contributed by atoms with Crippen LogP contribution < -0.4 is 0 Å². The molecule has 3 saturated carbocycles. The Hall–Kier alpha value is -1.22. The first-order chi connectivity index (χ1) is 14.8. The van der Waals surface area contributed by atoms with Crippen molar-refractivity contribution in [2.45, 2.75) is 95.5 Å². The van der Waals surface area contributed by atoms with E-state index in [1.807, 2.05) is 0 Å². The largest absolute Gasteiger partial charge is 0.390 e. The standard InChI is InChI=1S/C24H32F2O6/c1-20(2)31-19-9-13-14-8-16(25)15-7-12(28)5-6-21(15,3)23(14,26)17(29)10-22(13,4)24(19,32-20)18(30)11-27/h13-14,17,19,27,29H,5-11H2,1-4H3/t13?,14?,17-,19+,21-,22-,23-,24+/m0/s1. The molecule has 0 aromatic carbocycles. The number of carbonyl (C=O) groups excluding carboxylic acids is 2. The molecule has 0 aromatic heterocycles. The van der Waals surface area contributed by atoms with Crippen molar-refractivity contribution in [1.29, 1.82) is 0 Å². The lowest BCUT2D eigenvalue weighted by molar-refractivity contribution is -0.249. The average molecular weight is 455 g/mol. The van der Waals surface area contributed by atoms with Crippen LogP contribution in [-0.2, 0) is 19.1 Å². The number of hydrogen-bond acceptors (Lipinski definition) is 6. The predicted molar refractivity (Wildman–Crippen MR) is 109 cm³/mol. The van der Waals surface area contributed by atoms with Gasteiger partial charge in [0.1, 0.15) is 23.9 Å². The molecule has 2 N–H and O–H groups in total. The first-order valence-corrected chi connectivity index (χ1v) is 11.6. The molecule has 6 nitrogen and oxygen atoms in total. The van der Waals surface area contributed by atoms with Gasteiger partial charge in [0.05, 0.1) is 12.2 Å². The maximum Gasteiger partial charge on any atom is 0.193 e. The molecule has 1 saturated heterocycles. The SMILES string of the molecule is CC1(C)O[C@@H]2CC3C4CC(F)=C5CC(=O)CC[C@]5(C)[C@@]4(F)[C@@H](O)C[C@]3(C)[C@]2(C(=O)CO)O1. The highest BCUT2D eigenvalue weighted by molar-refractivity contribution is 5.91. The van der Waals surface area contributed by atoms with Crippen molar-refractivity contribution >= 4 is 11.6 Å². The summed E-state index contributed by atoms with van der Waals surface area (Å²) in [5.74, 6) is -3.64. The molecule has 4 fully saturated rings. The third kappa shape index (κ3) is 2.37. The molecule has 32 heavy (non-hydrogen) atoms. The fraction of sp³-hybridized carbons (Fsp3) is 0.833. The van der Waals surface area contributed by atoms with E-state index >= 15 is 8.78 Å². The van der Waals surface area contributed by atoms with Crippen LogP contribution in [0.25, 0.3) is 0 Å². The minimum atomic E-state index is -2.14. The fourth-order valence-corrected chi connectivity index (χ4v) is 8.26. The normalized spacial score (nSPS) is 51.7. The first-order valence-electron chi connectivity index (χ1n) is 11.6. The van der Waals surface area contributed by atoms with Gasteiger partial charge in [-0.05, 0) is 44.6 Å². The molecule has 2 unspecified atom stereocenters. The minimum Gasteiger partial charge on any atom is -0.390 e. The van der Waals surface area contributed by atoms with E-state index in [9.17, 15) is 19.8 Å². The van der Waals surface area contributed by atoms with Crippen LogP contribution in [0.2, 0.25) is 0 Å². The number of halogens is 2. The number of allylic oxidation sites excluding steroid dienone is 2. The number of aliphatic hydroxyl groups is 2. The molecule has 8 atom stereocenters. The van der Waals surface area contributed by atoms with Gasteiger partial charge in [0.2, 0.25) is 0 Å². The third-order valence-electron chi connectivity index (χ3n) is 9.62. The molecule has 8 heteroatoms. The summed E-state index contributed by atoms with van der Waals surface area (Å²) in [4.78, 5) is 25.2. The van der Waals surface area contributed by atoms with Crippen molar-refractivity contribution in [2.24, 2.45) is 22.7 Å². The molecule has 5 aliphatic rings. The summed E-state index contributed by atoms with van der Waals surface area (Å²) < 4.78 is 44.9. The van der Waals surface area contributed by atoms with Crippen LogP contribution in [0.15, 0.2) is 11.4 Å². The van der Waals surface area contributed by atoms with Gasteiger partial charge >= 0.3 is 0 Å². The highest BCUT2D eigenvalue weighted by atomic mass is 19.1. The zero-order chi connectivity index (χ0) is 23.5. The number of fused-ring (bicyclic) bond motifs is 7. The second-order valence-electron chi connectivity index (χ2n) is 11.4. The Morgan fingerprint density at radius 3 is 2.56 bits per heavy atom. The highest BCUT2D eigenvalue weighted by Crippen LogP contribution is 2.73. The maximum absolute atomic E-state index is 17.2. The fourth-order valence-electron chi connectivity index (χ4n) is 8.26. The Kier molecular flexibility index (Phi) is 4.56. The van der Waals surface area contributed by atoms with E-state index in [1.165, 1.54) is 0 Å². The van der Waals surface area contributed by atoms with Gasteiger partial charge in [0.15, 0.2) is 17.2 Å². The van der Waals surface area contributed by atoms with Gasteiger partial charge in [-0.2, -0.15) is 0 Å². The van der Waals surface area contributed by atoms with Gasteiger partial charge in [-0.1, -0.05) is 13.8 Å². The van der Waals surface area contributed by atoms with E-state index in [2.05, 4.69) is 0 Å². The summed E-state index contributed by atoms with van der Waals surface area (Å²) in [7, 11) is 0. The highest BCUT2D eigenvalue weighted by Gasteiger charge is 2.80. The van der Waals surface area contributed by atoms with E-state index in [1.54, 1.807) is 27.7 Å². The number of rotatable bonds is 2. The quantitative estimate of drug-likeness (QED) is 0.667. The van der Waals surface area contributed by atoms with Gasteiger partial charge in [0, 0.05) is 36.0 Å². The van der Waals surface area contributed by atoms with Crippen molar-refractivity contribution in [2.75, 3.05) is 6.61 Å². The van der Waals surface area contributed by atoms with E-state index < -0.39 is 70.1 Å². The lowest BCUT2D eigenvalue weighted by atomic mass is 9.44. The first kappa shape index (κ1) is 22.6. The maximum atomic E-state index is 17.2. The van der Waals surface area contributed by atoms with Crippen molar-refractivity contribution in [3.63, 3.8) is 0 Å². The van der Waals surface area contributed by atoms with E-state index in [0.29, 0.717) is 0 Å². The molecule has 4 aliphatic carbocycles. The molecule has 0 radical (unpaired) electrons. The number of aliphatic hydroxyl groups excluding tert-OH is 2. The van der Waals surface area contributed by atoms with E-state index in [4.69, 9.17) is 9.47 Å². The zero-order valence-corrected chi connectivity index (χ0v) is 19.0. The molecular formula is C24H32F2O6. The lowest BCUT2D eigenvalue weighted by Gasteiger charge is -2.63. The van der Waals surface area contributed by atoms with Crippen LogP contribution in [0.3, 0.4) is 0 Å². The number of hydrogen-bond donors (Lipinski definition) is 2. The van der Waals surface area contributed by atoms with Crippen LogP contribution in [0.4, 0.5) is 8.78 Å². The number of Topliss-reactive ketones (excluding diaryl/α,β-unsaturated/α-hetero) is 2. The Morgan fingerprint density at radius 1 is 1.22 bits per heavy atom. The number of ketones is 2. The van der Waals surface area contributed by atoms with Crippen LogP contribution in [0, 0.1) is 22.7 Å². The monoisotopic (exact) mass is 454 g/mol. The Balaban J connectivity index is 1.66. The van der Waals surface area contributed by atoms with Crippen LogP contribution >= 0.6 is 0 Å². The van der Waals surface area contributed by atoms with E-state index in [0.717, 1.165) is 0 Å². The molecular weight excluding hydrogens is 422 g/mol. The number of alkyl halides is 1. The Bertz CT molecular complexity index is 931. The summed E-state index contributed by atoms with van der Waals surface area (Å²) in [6.45, 7) is 6.02. The number of carbonyl (C=O) groups is 2. The van der Waals surface area contributed by atoms with Gasteiger partial charge in [-0.25, -0.2) is 8.78 Å². The summed E-state index contributed by atoms with van der Waals surface area (Å²) >= 11 is 0. The van der Waals surface area contributed by atoms with Crippen molar-refractivity contribution in [1.82, 2.24) is 0 Å². The van der Waals surface area contributed by atoms with Gasteiger partial charge in [-0.3, -0.25) is 9.59 Å². The zero-order valence-electron chi connectivity index (χ0n) is 19.0. The van der Waals surface area contributed by atoms with Gasteiger partial charge < -0.3 is 19.7 Å². The Labute approximate surface area is 186 Å². The summed E-state index contributed by atoms with van der Waals surface area (Å²) in [5, 5.41) is 21.2. The van der Waals surface area contributed by atoms with Crippen LogP contribution in [0.1, 0.15) is 66.2 Å². The summed E-state index contributed by atoms with van der Waals surface area (Å²) in [5.41, 5.74) is -5.84. The summed E-state index contributed by atoms with van der Waals surface area (Å²) in [6, 6.07) is 0. The van der Waals surface area contributed by atoms with Gasteiger partial charge in [0.25, 0.3) is 0 Å². The van der Waals surface area contributed by atoms with E-state index in [-0.39, 0.29) is 49.9 Å². The third-order valence-corrected chi connectivity index (χ3v) is 9.62. The minimum absolute atomic E-state index is 0.0786. The molecule has 1 heterocycles. The Morgan fingerprint density at radius 2 is 1.91 bits per heavy atom. The molecule has 1 aliphatic heterocycles. The van der Waals surface area contributed by atoms with Gasteiger partial charge in [-0.15, -0.1) is 0 Å². The lowest BCUT2D eigenvalue weighted by Crippen LogP contribution is -2.70. The van der Waals surface area contributed by atoms with Crippen LogP contribution in [0.5, 0.6) is 0 Å². The summed E-state index contributed by atoms with van der Waals surface area (Å²) in [6.07, 6.45) is -2.07. The second kappa shape index (κ2) is 6.46. The smallest absolute Gasteiger partial charge is 0.193 e. The van der Waals surface area contributed by atoms with Crippen molar-refractivity contribution in [3.05, 3.63) is 11.4 Å². The molecule has 5 rings (SSSR count). The topological polar surface area (TPSA) is 93.1 Å². The van der Waals surface area contributed by atoms with Crippen molar-refractivity contribution in [3.8, 4) is 0 Å². The predicted octanol–water partition coefficient (Wildman–Crippen LogP) is 2.94. The average Bonchev–Trinajstić information content (AvgIpc) is 3.11.